The molecule has 0 unspecified atom stereocenters. The SMILES string of the molecule is CC(C)(C)OC(=O)N[C@H]1CN(c2c([N+](=O)[O-])c(C(F)(F)F)nn2CCS(=O)(=O)c2ccccc2)C1=O. The Bertz CT molecular complexity index is 1290. The summed E-state index contributed by atoms with van der Waals surface area (Å²) in [4.78, 5) is 35.4. The average Bonchev–Trinajstić information content (AvgIpc) is 3.14. The molecular weight excluding hydrogens is 511 g/mol. The number of benzene rings is 1. The van der Waals surface area contributed by atoms with Crippen molar-refractivity contribution >= 4 is 33.3 Å². The molecule has 0 radical (unpaired) electrons. The minimum absolute atomic E-state index is 0.106. The van der Waals surface area contributed by atoms with Gasteiger partial charge in [0.1, 0.15) is 11.6 Å². The van der Waals surface area contributed by atoms with E-state index in [4.69, 9.17) is 4.74 Å². The fourth-order valence-electron chi connectivity index (χ4n) is 3.35. The zero-order chi connectivity index (χ0) is 27.1. The monoisotopic (exact) mass is 533 g/mol. The highest BCUT2D eigenvalue weighted by molar-refractivity contribution is 7.91. The summed E-state index contributed by atoms with van der Waals surface area (Å²) in [7, 11) is -4.00. The van der Waals surface area contributed by atoms with E-state index in [2.05, 4.69) is 10.4 Å². The van der Waals surface area contributed by atoms with Crippen LogP contribution in [-0.4, -0.2) is 59.1 Å². The number of alkyl halides is 3. The van der Waals surface area contributed by atoms with Crippen LogP contribution in [0.15, 0.2) is 35.2 Å². The fraction of sp³-hybridized carbons (Fsp3) is 0.450. The number of halogens is 3. The van der Waals surface area contributed by atoms with Crippen molar-refractivity contribution in [2.75, 3.05) is 17.2 Å². The van der Waals surface area contributed by atoms with Crippen molar-refractivity contribution < 1.29 is 40.8 Å². The second kappa shape index (κ2) is 9.40. The fourth-order valence-corrected chi connectivity index (χ4v) is 4.57. The molecule has 196 valence electrons. The normalized spacial score (nSPS) is 16.4. The van der Waals surface area contributed by atoms with Gasteiger partial charge in [-0.25, -0.2) is 17.9 Å². The molecule has 2 amide bonds. The highest BCUT2D eigenvalue weighted by Gasteiger charge is 2.51. The number of ether oxygens (including phenoxy) is 1. The summed E-state index contributed by atoms with van der Waals surface area (Å²) < 4.78 is 71.4. The molecule has 1 fully saturated rings. The molecule has 12 nitrogen and oxygen atoms in total. The van der Waals surface area contributed by atoms with Crippen molar-refractivity contribution in [2.24, 2.45) is 0 Å². The lowest BCUT2D eigenvalue weighted by atomic mass is 10.1. The third-order valence-electron chi connectivity index (χ3n) is 4.90. The first-order valence-corrected chi connectivity index (χ1v) is 12.1. The van der Waals surface area contributed by atoms with Crippen LogP contribution in [-0.2, 0) is 32.1 Å². The summed E-state index contributed by atoms with van der Waals surface area (Å²) in [5.41, 5.74) is -4.26. The van der Waals surface area contributed by atoms with E-state index in [0.29, 0.717) is 9.58 Å². The van der Waals surface area contributed by atoms with Crippen molar-refractivity contribution in [3.8, 4) is 0 Å². The van der Waals surface area contributed by atoms with Gasteiger partial charge in [-0.15, -0.1) is 0 Å². The number of β-lactam (4-membered cyclic amide) rings is 1. The number of nitro groups is 1. The minimum atomic E-state index is -5.26. The van der Waals surface area contributed by atoms with Crippen LogP contribution >= 0.6 is 0 Å². The predicted molar refractivity (Wildman–Crippen MR) is 118 cm³/mol. The third-order valence-corrected chi connectivity index (χ3v) is 6.61. The van der Waals surface area contributed by atoms with Gasteiger partial charge in [-0.2, -0.15) is 18.3 Å². The van der Waals surface area contributed by atoms with Crippen molar-refractivity contribution in [1.29, 1.82) is 0 Å². The largest absolute Gasteiger partial charge is 0.444 e. The number of aromatic nitrogens is 2. The number of sulfone groups is 1. The number of carbonyl (C=O) groups excluding carboxylic acids is 2. The maximum absolute atomic E-state index is 13.6. The van der Waals surface area contributed by atoms with Gasteiger partial charge in [-0.05, 0) is 32.9 Å². The second-order valence-electron chi connectivity index (χ2n) is 8.78. The number of carbonyl (C=O) groups is 2. The van der Waals surface area contributed by atoms with Gasteiger partial charge in [0.15, 0.2) is 9.84 Å². The maximum Gasteiger partial charge on any atom is 0.442 e. The number of nitrogens with zero attached hydrogens (tertiary/aromatic N) is 4. The minimum Gasteiger partial charge on any atom is -0.444 e. The molecule has 1 saturated heterocycles. The summed E-state index contributed by atoms with van der Waals surface area (Å²) >= 11 is 0. The summed E-state index contributed by atoms with van der Waals surface area (Å²) in [6.07, 6.45) is -6.23. The highest BCUT2D eigenvalue weighted by atomic mass is 32.2. The van der Waals surface area contributed by atoms with E-state index < -0.39 is 80.6 Å². The average molecular weight is 533 g/mol. The Labute approximate surface area is 203 Å². The number of hydrogen-bond donors (Lipinski definition) is 1. The quantitative estimate of drug-likeness (QED) is 0.324. The van der Waals surface area contributed by atoms with Crippen LogP contribution in [0.1, 0.15) is 26.5 Å². The van der Waals surface area contributed by atoms with Gasteiger partial charge in [0.25, 0.3) is 5.91 Å². The molecule has 0 bridgehead atoms. The lowest BCUT2D eigenvalue weighted by Crippen LogP contribution is -2.65. The van der Waals surface area contributed by atoms with Crippen LogP contribution in [0, 0.1) is 10.1 Å². The predicted octanol–water partition coefficient (Wildman–Crippen LogP) is 2.52. The van der Waals surface area contributed by atoms with Gasteiger partial charge in [0, 0.05) is 0 Å². The standard InChI is InChI=1S/C20H22F3N5O7S/c1-19(2,3)35-18(30)24-13-11-26(17(13)29)16-14(28(31)32)15(20(21,22)23)25-27(16)9-10-36(33,34)12-7-5-4-6-8-12/h4-8,13H,9-11H2,1-3H3,(H,24,30)/t13-/m0/s1. The number of aryl methyl sites for hydroxylation is 1. The Morgan fingerprint density at radius 2 is 1.86 bits per heavy atom. The van der Waals surface area contributed by atoms with Crippen LogP contribution in [0.25, 0.3) is 0 Å². The summed E-state index contributed by atoms with van der Waals surface area (Å²) in [5.74, 6) is -2.53. The summed E-state index contributed by atoms with van der Waals surface area (Å²) in [6, 6.07) is 5.83. The van der Waals surface area contributed by atoms with E-state index in [-0.39, 0.29) is 4.90 Å². The van der Waals surface area contributed by atoms with Crippen molar-refractivity contribution in [3.63, 3.8) is 0 Å². The van der Waals surface area contributed by atoms with Crippen LogP contribution in [0.3, 0.4) is 0 Å². The topological polar surface area (TPSA) is 154 Å². The zero-order valence-corrected chi connectivity index (χ0v) is 20.1. The van der Waals surface area contributed by atoms with Crippen LogP contribution in [0.2, 0.25) is 0 Å². The Morgan fingerprint density at radius 3 is 2.36 bits per heavy atom. The molecule has 1 atom stereocenters. The number of hydrogen-bond acceptors (Lipinski definition) is 8. The second-order valence-corrected chi connectivity index (χ2v) is 10.9. The van der Waals surface area contributed by atoms with Crippen LogP contribution < -0.4 is 10.2 Å². The molecule has 1 aromatic carbocycles. The summed E-state index contributed by atoms with van der Waals surface area (Å²) in [6.45, 7) is 3.59. The summed E-state index contributed by atoms with van der Waals surface area (Å²) in [5, 5.41) is 17.1. The van der Waals surface area contributed by atoms with Gasteiger partial charge in [-0.3, -0.25) is 19.8 Å². The maximum atomic E-state index is 13.6. The third kappa shape index (κ3) is 5.75. The number of amides is 2. The zero-order valence-electron chi connectivity index (χ0n) is 19.3. The Morgan fingerprint density at radius 1 is 1.25 bits per heavy atom. The van der Waals surface area contributed by atoms with E-state index in [1.54, 1.807) is 26.8 Å². The van der Waals surface area contributed by atoms with Crippen molar-refractivity contribution in [3.05, 3.63) is 46.1 Å². The molecule has 0 spiro atoms. The van der Waals surface area contributed by atoms with E-state index in [1.807, 2.05) is 0 Å². The molecule has 16 heteroatoms. The molecule has 1 N–H and O–H groups in total. The molecule has 1 aliphatic rings. The lowest BCUT2D eigenvalue weighted by molar-refractivity contribution is -0.387. The van der Waals surface area contributed by atoms with Crippen LogP contribution in [0.5, 0.6) is 0 Å². The number of nitrogens with one attached hydrogen (secondary N) is 1. The van der Waals surface area contributed by atoms with Crippen molar-refractivity contribution in [2.45, 2.75) is 50.0 Å². The highest BCUT2D eigenvalue weighted by Crippen LogP contribution is 2.42. The molecule has 1 aromatic heterocycles. The molecule has 0 saturated carbocycles. The lowest BCUT2D eigenvalue weighted by Gasteiger charge is -2.38. The van der Waals surface area contributed by atoms with Gasteiger partial charge in [-0.1, -0.05) is 18.2 Å². The Hall–Kier alpha value is -3.69. The van der Waals surface area contributed by atoms with E-state index in [0.717, 1.165) is 0 Å². The van der Waals surface area contributed by atoms with Gasteiger partial charge in [0.2, 0.25) is 11.5 Å². The molecule has 0 aliphatic carbocycles. The first kappa shape index (κ1) is 26.9. The first-order chi connectivity index (χ1) is 16.5. The Kier molecular flexibility index (Phi) is 7.03. The van der Waals surface area contributed by atoms with E-state index in [1.165, 1.54) is 24.3 Å². The van der Waals surface area contributed by atoms with Gasteiger partial charge in [0.05, 0.1) is 28.7 Å². The van der Waals surface area contributed by atoms with Gasteiger partial charge < -0.3 is 10.1 Å². The molecule has 1 aliphatic heterocycles. The first-order valence-electron chi connectivity index (χ1n) is 10.4. The number of rotatable bonds is 7. The molecule has 3 rings (SSSR count). The van der Waals surface area contributed by atoms with E-state index in [9.17, 15) is 41.3 Å². The number of alkyl carbamates (subject to hydrolysis) is 1. The van der Waals surface area contributed by atoms with Crippen molar-refractivity contribution in [1.82, 2.24) is 15.1 Å². The van der Waals surface area contributed by atoms with Gasteiger partial charge >= 0.3 is 18.0 Å². The Balaban J connectivity index is 1.93. The smallest absolute Gasteiger partial charge is 0.442 e. The molecule has 2 heterocycles. The molecule has 36 heavy (non-hydrogen) atoms. The van der Waals surface area contributed by atoms with E-state index >= 15 is 0 Å². The van der Waals surface area contributed by atoms with Crippen LogP contribution in [0.4, 0.5) is 29.5 Å². The molecular formula is C20H22F3N5O7S. The number of anilines is 1. The molecule has 2 aromatic rings.